The van der Waals surface area contributed by atoms with Crippen molar-refractivity contribution in [2.45, 2.75) is 18.3 Å². The molecule has 0 aliphatic carbocycles. The highest BCUT2D eigenvalue weighted by molar-refractivity contribution is 8.00. The van der Waals surface area contributed by atoms with Crippen LogP contribution in [0.1, 0.15) is 12.6 Å². The van der Waals surface area contributed by atoms with E-state index in [-0.39, 0.29) is 34.6 Å². The molecule has 2 aliphatic rings. The highest BCUT2D eigenvalue weighted by atomic mass is 32.2. The van der Waals surface area contributed by atoms with Crippen LogP contribution >= 0.6 is 23.1 Å². The Balaban J connectivity index is 1.46. The van der Waals surface area contributed by atoms with Crippen LogP contribution in [0.5, 0.6) is 5.75 Å². The van der Waals surface area contributed by atoms with E-state index in [1.807, 2.05) is 0 Å². The molecular formula is C22H20N6O7S2. The van der Waals surface area contributed by atoms with Crippen LogP contribution in [0.2, 0.25) is 0 Å². The number of nitrogens with zero attached hydrogens (tertiary/aromatic N) is 4. The Bertz CT molecular complexity index is 1320. The largest absolute Gasteiger partial charge is 0.488 e. The molecule has 4 N–H and O–H groups in total. The van der Waals surface area contributed by atoms with E-state index < -0.39 is 35.2 Å². The Kier molecular flexibility index (Phi) is 7.83. The Morgan fingerprint density at radius 2 is 2.22 bits per heavy atom. The van der Waals surface area contributed by atoms with Gasteiger partial charge in [0.2, 0.25) is 0 Å². The Morgan fingerprint density at radius 1 is 1.41 bits per heavy atom. The van der Waals surface area contributed by atoms with Crippen molar-refractivity contribution in [3.05, 3.63) is 59.0 Å². The zero-order valence-electron chi connectivity index (χ0n) is 19.2. The lowest BCUT2D eigenvalue weighted by Crippen LogP contribution is -2.71. The standard InChI is InChI=1S/C22H20N6O7S2/c1-11(29)35-27-15(14-10-37-22(23)25-14)18(30)26-16-19(31)28-17(21(32)33)12(9-36-20(16)28)4-3-7-34-13-5-2-6-24-8-13/h2-6,8,10,16,20H,7,9H2,1H3,(H2,23,25)(H,26,30)(H,32,33)/b4-3-,27-15?/t16-,20-/m1/s1. The molecule has 1 fully saturated rings. The number of anilines is 1. The van der Waals surface area contributed by atoms with E-state index in [2.05, 4.69) is 25.3 Å². The van der Waals surface area contributed by atoms with Gasteiger partial charge in [0.05, 0.1) is 6.20 Å². The van der Waals surface area contributed by atoms with Crippen molar-refractivity contribution in [2.75, 3.05) is 18.1 Å². The van der Waals surface area contributed by atoms with Crippen LogP contribution in [0.25, 0.3) is 0 Å². The first kappa shape index (κ1) is 25.8. The predicted octanol–water partition coefficient (Wildman–Crippen LogP) is 0.761. The highest BCUT2D eigenvalue weighted by Gasteiger charge is 2.54. The van der Waals surface area contributed by atoms with Gasteiger partial charge in [-0.3, -0.25) is 19.5 Å². The van der Waals surface area contributed by atoms with Gasteiger partial charge in [-0.2, -0.15) is 0 Å². The summed E-state index contributed by atoms with van der Waals surface area (Å²) in [5.74, 6) is -2.63. The summed E-state index contributed by atoms with van der Waals surface area (Å²) in [6.07, 6.45) is 6.41. The number of carbonyl (C=O) groups is 4. The number of ether oxygens (including phenoxy) is 1. The summed E-state index contributed by atoms with van der Waals surface area (Å²) in [5, 5.41) is 16.8. The van der Waals surface area contributed by atoms with Crippen LogP contribution in [0, 0.1) is 0 Å². The fraction of sp³-hybridized carbons (Fsp3) is 0.227. The predicted molar refractivity (Wildman–Crippen MR) is 133 cm³/mol. The third-order valence-electron chi connectivity index (χ3n) is 5.03. The summed E-state index contributed by atoms with van der Waals surface area (Å²) in [4.78, 5) is 62.7. The molecule has 13 nitrogen and oxygen atoms in total. The van der Waals surface area contributed by atoms with E-state index in [0.717, 1.165) is 23.2 Å². The van der Waals surface area contributed by atoms with Crippen LogP contribution in [0.15, 0.2) is 58.5 Å². The first-order valence-electron chi connectivity index (χ1n) is 10.6. The smallest absolute Gasteiger partial charge is 0.352 e. The summed E-state index contributed by atoms with van der Waals surface area (Å²) in [5.41, 5.74) is 5.60. The number of nitrogens with one attached hydrogen (secondary N) is 1. The molecule has 2 aliphatic heterocycles. The number of fused-ring (bicyclic) bond motifs is 1. The lowest BCUT2D eigenvalue weighted by atomic mass is 10.0. The van der Waals surface area contributed by atoms with Crippen molar-refractivity contribution in [3.8, 4) is 5.75 Å². The maximum absolute atomic E-state index is 12.9. The topological polar surface area (TPSA) is 186 Å². The fourth-order valence-corrected chi connectivity index (χ4v) is 5.32. The van der Waals surface area contributed by atoms with E-state index in [1.54, 1.807) is 36.7 Å². The number of hydrogen-bond donors (Lipinski definition) is 3. The molecule has 37 heavy (non-hydrogen) atoms. The lowest BCUT2D eigenvalue weighted by molar-refractivity contribution is -0.150. The molecule has 4 rings (SSSR count). The number of β-lactam (4-membered cyclic amide) rings is 1. The maximum Gasteiger partial charge on any atom is 0.352 e. The number of thioether (sulfide) groups is 1. The number of rotatable bonds is 9. The minimum Gasteiger partial charge on any atom is -0.488 e. The van der Waals surface area contributed by atoms with Crippen molar-refractivity contribution in [1.29, 1.82) is 0 Å². The van der Waals surface area contributed by atoms with E-state index >= 15 is 0 Å². The van der Waals surface area contributed by atoms with Gasteiger partial charge in [0, 0.05) is 24.3 Å². The van der Waals surface area contributed by atoms with E-state index in [1.165, 1.54) is 17.1 Å². The van der Waals surface area contributed by atoms with Gasteiger partial charge in [-0.1, -0.05) is 11.2 Å². The summed E-state index contributed by atoms with van der Waals surface area (Å²) >= 11 is 2.34. The molecule has 192 valence electrons. The van der Waals surface area contributed by atoms with Crippen molar-refractivity contribution >= 4 is 57.7 Å². The molecular weight excluding hydrogens is 524 g/mol. The van der Waals surface area contributed by atoms with E-state index in [4.69, 9.17) is 10.5 Å². The van der Waals surface area contributed by atoms with Crippen LogP contribution < -0.4 is 15.8 Å². The van der Waals surface area contributed by atoms with Crippen molar-refractivity contribution in [1.82, 2.24) is 20.2 Å². The number of oxime groups is 1. The number of aliphatic carboxylic acids is 1. The first-order chi connectivity index (χ1) is 17.8. The minimum absolute atomic E-state index is 0.0632. The van der Waals surface area contributed by atoms with Gasteiger partial charge < -0.3 is 25.7 Å². The summed E-state index contributed by atoms with van der Waals surface area (Å²) < 4.78 is 5.52. The molecule has 2 atom stereocenters. The molecule has 2 amide bonds. The average Bonchev–Trinajstić information content (AvgIpc) is 3.30. The molecule has 2 aromatic heterocycles. The monoisotopic (exact) mass is 544 g/mol. The number of nitrogen functional groups attached to an aromatic ring is 1. The van der Waals surface area contributed by atoms with Gasteiger partial charge in [0.1, 0.15) is 35.2 Å². The molecule has 0 unspecified atom stereocenters. The number of nitrogens with two attached hydrogens (primary N) is 1. The van der Waals surface area contributed by atoms with E-state index in [0.29, 0.717) is 11.3 Å². The zero-order chi connectivity index (χ0) is 26.5. The van der Waals surface area contributed by atoms with Crippen molar-refractivity contribution in [2.24, 2.45) is 5.16 Å². The number of carboxylic acid groups (broad SMARTS) is 1. The molecule has 0 bridgehead atoms. The molecule has 0 aromatic carbocycles. The third kappa shape index (κ3) is 5.78. The van der Waals surface area contributed by atoms with Gasteiger partial charge in [-0.15, -0.1) is 23.1 Å². The first-order valence-corrected chi connectivity index (χ1v) is 12.6. The molecule has 1 saturated heterocycles. The van der Waals surface area contributed by atoms with Crippen LogP contribution in [-0.2, 0) is 24.0 Å². The second-order valence-electron chi connectivity index (χ2n) is 7.54. The van der Waals surface area contributed by atoms with Gasteiger partial charge in [-0.05, 0) is 23.8 Å². The van der Waals surface area contributed by atoms with Crippen LogP contribution in [0.4, 0.5) is 5.13 Å². The number of carbonyl (C=O) groups excluding carboxylic acids is 3. The molecule has 2 aromatic rings. The number of amides is 2. The normalized spacial score (nSPS) is 19.3. The number of carboxylic acids is 1. The number of aromatic nitrogens is 2. The minimum atomic E-state index is -1.27. The van der Waals surface area contributed by atoms with Crippen LogP contribution in [-0.4, -0.2) is 73.2 Å². The fourth-order valence-electron chi connectivity index (χ4n) is 3.46. The van der Waals surface area contributed by atoms with E-state index in [9.17, 15) is 24.3 Å². The number of pyridine rings is 1. The summed E-state index contributed by atoms with van der Waals surface area (Å²) in [7, 11) is 0. The lowest BCUT2D eigenvalue weighted by Gasteiger charge is -2.49. The second-order valence-corrected chi connectivity index (χ2v) is 9.53. The summed E-state index contributed by atoms with van der Waals surface area (Å²) in [6, 6.07) is 2.44. The van der Waals surface area contributed by atoms with Crippen molar-refractivity contribution in [3.63, 3.8) is 0 Å². The average molecular weight is 545 g/mol. The molecule has 0 saturated carbocycles. The van der Waals surface area contributed by atoms with Gasteiger partial charge in [0.25, 0.3) is 11.8 Å². The number of allylic oxidation sites excluding steroid dienone is 1. The second kappa shape index (κ2) is 11.2. The van der Waals surface area contributed by atoms with Gasteiger partial charge in [0.15, 0.2) is 10.8 Å². The Labute approximate surface area is 218 Å². The van der Waals surface area contributed by atoms with Gasteiger partial charge in [-0.25, -0.2) is 14.6 Å². The van der Waals surface area contributed by atoms with Gasteiger partial charge >= 0.3 is 11.9 Å². The maximum atomic E-state index is 12.9. The molecule has 4 heterocycles. The zero-order valence-corrected chi connectivity index (χ0v) is 20.8. The number of thiazole rings is 1. The quantitative estimate of drug-likeness (QED) is 0.175. The highest BCUT2D eigenvalue weighted by Crippen LogP contribution is 2.40. The Hall–Kier alpha value is -4.24. The van der Waals surface area contributed by atoms with Crippen LogP contribution in [0.3, 0.4) is 0 Å². The SMILES string of the molecule is CC(=O)ON=C(C(=O)N[C@@H]1C(=O)N2C(C(=O)O)=C(/C=C\COc3cccnc3)CS[C@H]12)c1csc(N)n1. The molecule has 0 spiro atoms. The Morgan fingerprint density at radius 3 is 2.86 bits per heavy atom. The molecule has 15 heteroatoms. The van der Waals surface area contributed by atoms with Crippen molar-refractivity contribution < 1.29 is 33.9 Å². The summed E-state index contributed by atoms with van der Waals surface area (Å²) in [6.45, 7) is 1.28. The third-order valence-corrected chi connectivity index (χ3v) is 7.01. The number of hydrogen-bond acceptors (Lipinski definition) is 12. The molecule has 0 radical (unpaired) electrons.